The van der Waals surface area contributed by atoms with Gasteiger partial charge in [-0.15, -0.1) is 0 Å². The van der Waals surface area contributed by atoms with E-state index in [0.29, 0.717) is 0 Å². The number of carbonyl (C=O) groups is 2. The van der Waals surface area contributed by atoms with Gasteiger partial charge in [0.1, 0.15) is 17.3 Å². The van der Waals surface area contributed by atoms with Crippen LogP contribution < -0.4 is 0 Å². The minimum atomic E-state index is -0.771. The van der Waals surface area contributed by atoms with E-state index in [4.69, 9.17) is 4.74 Å². The van der Waals surface area contributed by atoms with Gasteiger partial charge in [0.2, 0.25) is 0 Å². The summed E-state index contributed by atoms with van der Waals surface area (Å²) in [5.41, 5.74) is -0.836. The molecule has 8 nitrogen and oxygen atoms in total. The average molecular weight is 303 g/mol. The molecule has 0 spiro atoms. The van der Waals surface area contributed by atoms with Gasteiger partial charge in [-0.25, -0.2) is 0 Å². The van der Waals surface area contributed by atoms with Gasteiger partial charge in [0.25, 0.3) is 5.69 Å². The van der Waals surface area contributed by atoms with E-state index in [-0.39, 0.29) is 17.1 Å². The van der Waals surface area contributed by atoms with Crippen LogP contribution in [0.4, 0.5) is 5.69 Å². The predicted octanol–water partition coefficient (Wildman–Crippen LogP) is 2.01. The van der Waals surface area contributed by atoms with E-state index >= 15 is 0 Å². The summed E-state index contributed by atoms with van der Waals surface area (Å²) in [4.78, 5) is 37.3. The number of rotatable bonds is 5. The molecule has 1 heterocycles. The molecule has 0 aliphatic rings. The van der Waals surface area contributed by atoms with Crippen molar-refractivity contribution in [3.63, 3.8) is 0 Å². The quantitative estimate of drug-likeness (QED) is 0.203. The molecule has 0 fully saturated rings. The zero-order chi connectivity index (χ0) is 16.9. The van der Waals surface area contributed by atoms with E-state index < -0.39 is 28.2 Å². The predicted molar refractivity (Wildman–Crippen MR) is 75.0 cm³/mol. The first kappa shape index (κ1) is 17.0. The Morgan fingerprint density at radius 1 is 1.45 bits per heavy atom. The Hall–Kier alpha value is -3.08. The van der Waals surface area contributed by atoms with Crippen LogP contribution in [0.2, 0.25) is 0 Å². The van der Waals surface area contributed by atoms with Crippen LogP contribution in [0.1, 0.15) is 26.5 Å². The van der Waals surface area contributed by atoms with Crippen molar-refractivity contribution in [1.29, 1.82) is 5.26 Å². The highest BCUT2D eigenvalue weighted by Crippen LogP contribution is 2.24. The van der Waals surface area contributed by atoms with Crippen molar-refractivity contribution >= 4 is 23.2 Å². The second-order valence-corrected chi connectivity index (χ2v) is 4.58. The second-order valence-electron chi connectivity index (χ2n) is 4.58. The van der Waals surface area contributed by atoms with Crippen molar-refractivity contribution in [3.05, 3.63) is 39.7 Å². The summed E-state index contributed by atoms with van der Waals surface area (Å²) < 4.78 is 4.91. The van der Waals surface area contributed by atoms with Crippen molar-refractivity contribution in [2.45, 2.75) is 20.8 Å². The number of nitriles is 1. The summed E-state index contributed by atoms with van der Waals surface area (Å²) in [6.07, 6.45) is 1.13. The van der Waals surface area contributed by atoms with Crippen LogP contribution in [0.25, 0.3) is 5.76 Å². The van der Waals surface area contributed by atoms with Gasteiger partial charge in [0.15, 0.2) is 11.5 Å². The number of nitro groups is 1. The minimum absolute atomic E-state index is 0.130. The number of ketones is 1. The summed E-state index contributed by atoms with van der Waals surface area (Å²) in [6.45, 7) is 4.24. The standard InChI is InChI=1S/C14H13N3O5/c1-8(2)13(19)11(7-15)14(22-9(3)18)12-6-10(17(20)21)4-5-16-12/h4-6,8H,1-3H3. The first-order valence-corrected chi connectivity index (χ1v) is 6.25. The summed E-state index contributed by atoms with van der Waals surface area (Å²) in [7, 11) is 0. The van der Waals surface area contributed by atoms with Crippen molar-refractivity contribution in [2.24, 2.45) is 5.92 Å². The molecule has 1 aromatic heterocycles. The fourth-order valence-corrected chi connectivity index (χ4v) is 1.54. The maximum absolute atomic E-state index is 12.1. The number of hydrogen-bond donors (Lipinski definition) is 0. The summed E-state index contributed by atoms with van der Waals surface area (Å²) >= 11 is 0. The van der Waals surface area contributed by atoms with Gasteiger partial charge in [-0.3, -0.25) is 24.7 Å². The molecule has 22 heavy (non-hydrogen) atoms. The van der Waals surface area contributed by atoms with Crippen LogP contribution in [0, 0.1) is 27.4 Å². The van der Waals surface area contributed by atoms with Gasteiger partial charge < -0.3 is 4.74 Å². The van der Waals surface area contributed by atoms with Gasteiger partial charge in [-0.2, -0.15) is 5.26 Å². The molecule has 0 unspecified atom stereocenters. The van der Waals surface area contributed by atoms with E-state index in [1.54, 1.807) is 19.9 Å². The number of aromatic nitrogens is 1. The normalized spacial score (nSPS) is 11.4. The third-order valence-corrected chi connectivity index (χ3v) is 2.54. The number of hydrogen-bond acceptors (Lipinski definition) is 7. The number of esters is 1. The molecular weight excluding hydrogens is 290 g/mol. The van der Waals surface area contributed by atoms with E-state index in [1.807, 2.05) is 0 Å². The largest absolute Gasteiger partial charge is 0.423 e. The van der Waals surface area contributed by atoms with E-state index in [9.17, 15) is 25.0 Å². The lowest BCUT2D eigenvalue weighted by Crippen LogP contribution is -2.14. The lowest BCUT2D eigenvalue weighted by Gasteiger charge is -2.10. The van der Waals surface area contributed by atoms with E-state index in [2.05, 4.69) is 4.98 Å². The van der Waals surface area contributed by atoms with E-state index in [1.165, 1.54) is 0 Å². The first-order chi connectivity index (χ1) is 10.3. The number of ether oxygens (including phenoxy) is 1. The number of carbonyl (C=O) groups excluding carboxylic acids is 2. The number of allylic oxidation sites excluding steroid dienone is 1. The Morgan fingerprint density at radius 2 is 2.09 bits per heavy atom. The second kappa shape index (κ2) is 7.08. The molecule has 0 aromatic carbocycles. The molecule has 1 rings (SSSR count). The SMILES string of the molecule is CC(=O)OC(=C(C#N)C(=O)C(C)C)c1cc([N+](=O)[O-])ccn1. The fourth-order valence-electron chi connectivity index (χ4n) is 1.54. The number of Topliss-reactive ketones (excluding diaryl/α,β-unsaturated/α-hetero) is 1. The molecule has 0 N–H and O–H groups in total. The van der Waals surface area contributed by atoms with Gasteiger partial charge in [0.05, 0.1) is 4.92 Å². The monoisotopic (exact) mass is 303 g/mol. The molecule has 0 saturated carbocycles. The van der Waals surface area contributed by atoms with Crippen LogP contribution in [-0.4, -0.2) is 21.7 Å². The topological polar surface area (TPSA) is 123 Å². The molecule has 8 heteroatoms. The third-order valence-electron chi connectivity index (χ3n) is 2.54. The molecule has 0 bridgehead atoms. The molecule has 114 valence electrons. The molecule has 0 amide bonds. The van der Waals surface area contributed by atoms with Crippen molar-refractivity contribution in [3.8, 4) is 6.07 Å². The van der Waals surface area contributed by atoms with Crippen LogP contribution in [0.5, 0.6) is 0 Å². The summed E-state index contributed by atoms with van der Waals surface area (Å²) in [5.74, 6) is -2.21. The smallest absolute Gasteiger partial charge is 0.308 e. The Labute approximate surface area is 126 Å². The van der Waals surface area contributed by atoms with Crippen LogP contribution in [-0.2, 0) is 14.3 Å². The van der Waals surface area contributed by atoms with Crippen LogP contribution in [0.3, 0.4) is 0 Å². The number of nitrogens with zero attached hydrogens (tertiary/aromatic N) is 3. The molecule has 1 aromatic rings. The van der Waals surface area contributed by atoms with Gasteiger partial charge in [-0.05, 0) is 0 Å². The Balaban J connectivity index is 3.56. The third kappa shape index (κ3) is 3.96. The molecule has 0 aliphatic carbocycles. The zero-order valence-electron chi connectivity index (χ0n) is 12.2. The summed E-state index contributed by atoms with van der Waals surface area (Å²) in [6, 6.07) is 3.85. The van der Waals surface area contributed by atoms with Gasteiger partial charge in [-0.1, -0.05) is 13.8 Å². The molecular formula is C14H13N3O5. The molecule has 0 radical (unpaired) electrons. The Kier molecular flexibility index (Phi) is 5.46. The fraction of sp³-hybridized carbons (Fsp3) is 0.286. The van der Waals surface area contributed by atoms with Gasteiger partial charge in [0, 0.05) is 31.2 Å². The Bertz CT molecular complexity index is 701. The lowest BCUT2D eigenvalue weighted by atomic mass is 10.00. The Morgan fingerprint density at radius 3 is 2.55 bits per heavy atom. The maximum atomic E-state index is 12.1. The van der Waals surface area contributed by atoms with Crippen LogP contribution >= 0.6 is 0 Å². The number of pyridine rings is 1. The van der Waals surface area contributed by atoms with Crippen molar-refractivity contribution < 1.29 is 19.2 Å². The molecule has 0 saturated heterocycles. The summed E-state index contributed by atoms with van der Waals surface area (Å²) in [5, 5.41) is 20.0. The molecule has 0 aliphatic heterocycles. The maximum Gasteiger partial charge on any atom is 0.308 e. The highest BCUT2D eigenvalue weighted by Gasteiger charge is 2.24. The highest BCUT2D eigenvalue weighted by atomic mass is 16.6. The van der Waals surface area contributed by atoms with Crippen LogP contribution in [0.15, 0.2) is 23.9 Å². The minimum Gasteiger partial charge on any atom is -0.423 e. The van der Waals surface area contributed by atoms with E-state index in [0.717, 1.165) is 25.3 Å². The van der Waals surface area contributed by atoms with Gasteiger partial charge >= 0.3 is 5.97 Å². The van der Waals surface area contributed by atoms with Crippen molar-refractivity contribution in [2.75, 3.05) is 0 Å². The first-order valence-electron chi connectivity index (χ1n) is 6.25. The van der Waals surface area contributed by atoms with Crippen molar-refractivity contribution in [1.82, 2.24) is 4.98 Å². The highest BCUT2D eigenvalue weighted by molar-refractivity contribution is 6.06. The zero-order valence-corrected chi connectivity index (χ0v) is 12.2. The lowest BCUT2D eigenvalue weighted by molar-refractivity contribution is -0.385. The average Bonchev–Trinajstić information content (AvgIpc) is 2.46. The molecule has 0 atom stereocenters.